The molecule has 0 unspecified atom stereocenters. The van der Waals surface area contributed by atoms with Gasteiger partial charge in [0, 0.05) is 6.42 Å². The van der Waals surface area contributed by atoms with Gasteiger partial charge in [-0.2, -0.15) is 0 Å². The van der Waals surface area contributed by atoms with Gasteiger partial charge in [-0.05, 0) is 97.7 Å². The van der Waals surface area contributed by atoms with Gasteiger partial charge in [0.1, 0.15) is 24.4 Å². The predicted molar refractivity (Wildman–Crippen MR) is 145 cm³/mol. The fraction of sp³-hybridized carbons (Fsp3) is 0.933. The Morgan fingerprint density at radius 2 is 1.63 bits per heavy atom. The molecule has 4 aliphatic carbocycles. The number of ether oxygens (including phenoxy) is 1. The summed E-state index contributed by atoms with van der Waals surface area (Å²) in [4.78, 5) is 23.8. The molecular formula is C30H50O11. The molecular weight excluding hydrogens is 536 g/mol. The van der Waals surface area contributed by atoms with Gasteiger partial charge in [-0.1, -0.05) is 20.8 Å². The average Bonchev–Trinajstić information content (AvgIpc) is 3.29. The van der Waals surface area contributed by atoms with Crippen molar-refractivity contribution in [2.24, 2.45) is 46.3 Å². The SMILES string of the molecule is C[C@H](CCC(=O)O)[C@H]1CC[C@H]2[C@@H]3[C@H](O)C[C@@H]4C[C@H](OC(=O)[C@H](O)[C@@H](O)[C@H](O)[C@H](O)CO)CC[C@]4(C)[C@H]3C[C@H](O)[C@]12C. The topological polar surface area (TPSA) is 205 Å². The van der Waals surface area contributed by atoms with Crippen molar-refractivity contribution >= 4 is 11.9 Å². The standard InChI is InChI=1S/C30H50O11/c1-14(4-7-23(35)36)17-5-6-18-24-19(12-22(34)30(17,18)3)29(2)9-8-16(10-15(29)11-20(24)32)41-28(40)27(39)26(38)25(37)21(33)13-31/h14-22,24-27,31-34,37-39H,4-13H2,1-3H3,(H,35,36)/t14-,15+,16-,17-,18+,19+,20-,21-,22+,24+,25-,26+,27-,29+,30-/m1/s1. The van der Waals surface area contributed by atoms with Crippen LogP contribution in [0.1, 0.15) is 78.6 Å². The molecule has 4 saturated carbocycles. The van der Waals surface area contributed by atoms with Gasteiger partial charge in [-0.25, -0.2) is 4.79 Å². The van der Waals surface area contributed by atoms with Crippen LogP contribution in [0.3, 0.4) is 0 Å². The molecule has 0 heterocycles. The molecule has 4 fully saturated rings. The first-order valence-corrected chi connectivity index (χ1v) is 15.3. The van der Waals surface area contributed by atoms with Crippen LogP contribution in [0.5, 0.6) is 0 Å². The number of esters is 1. The van der Waals surface area contributed by atoms with E-state index in [-0.39, 0.29) is 52.8 Å². The van der Waals surface area contributed by atoms with Crippen molar-refractivity contribution in [1.29, 1.82) is 0 Å². The Morgan fingerprint density at radius 3 is 2.27 bits per heavy atom. The van der Waals surface area contributed by atoms with Crippen molar-refractivity contribution < 1.29 is 55.2 Å². The number of carboxylic acid groups (broad SMARTS) is 1. The van der Waals surface area contributed by atoms with Crippen molar-refractivity contribution in [3.63, 3.8) is 0 Å². The molecule has 41 heavy (non-hydrogen) atoms. The molecule has 0 bridgehead atoms. The minimum Gasteiger partial charge on any atom is -0.481 e. The van der Waals surface area contributed by atoms with E-state index in [1.165, 1.54) is 0 Å². The van der Waals surface area contributed by atoms with Gasteiger partial charge < -0.3 is 45.6 Å². The lowest BCUT2D eigenvalue weighted by Crippen LogP contribution is -2.62. The first kappa shape index (κ1) is 32.6. The van der Waals surface area contributed by atoms with Crippen molar-refractivity contribution in [3.05, 3.63) is 0 Å². The first-order chi connectivity index (χ1) is 19.2. The second-order valence-electron chi connectivity index (χ2n) is 14.0. The summed E-state index contributed by atoms with van der Waals surface area (Å²) in [6.07, 6.45) is -4.26. The van der Waals surface area contributed by atoms with E-state index in [4.69, 9.17) is 9.84 Å². The third kappa shape index (κ3) is 5.80. The number of hydrogen-bond acceptors (Lipinski definition) is 10. The van der Waals surface area contributed by atoms with E-state index in [1.807, 2.05) is 0 Å². The van der Waals surface area contributed by atoms with Gasteiger partial charge in [0.25, 0.3) is 0 Å². The normalized spacial score (nSPS) is 44.0. The highest BCUT2D eigenvalue weighted by Gasteiger charge is 2.65. The molecule has 0 aromatic heterocycles. The zero-order valence-corrected chi connectivity index (χ0v) is 24.4. The number of carbonyl (C=O) groups is 2. The molecule has 0 aliphatic heterocycles. The summed E-state index contributed by atoms with van der Waals surface area (Å²) in [5, 5.41) is 81.0. The molecule has 0 spiro atoms. The number of aliphatic hydroxyl groups is 7. The molecule has 0 aromatic carbocycles. The average molecular weight is 587 g/mol. The van der Waals surface area contributed by atoms with Crippen LogP contribution >= 0.6 is 0 Å². The summed E-state index contributed by atoms with van der Waals surface area (Å²) in [6.45, 7) is 5.58. The molecule has 0 radical (unpaired) electrons. The number of carboxylic acids is 1. The van der Waals surface area contributed by atoms with E-state index < -0.39 is 61.3 Å². The highest BCUT2D eigenvalue weighted by atomic mass is 16.6. The first-order valence-electron chi connectivity index (χ1n) is 15.3. The molecule has 0 aromatic rings. The van der Waals surface area contributed by atoms with Gasteiger partial charge in [0.15, 0.2) is 6.10 Å². The molecule has 4 rings (SSSR count). The van der Waals surface area contributed by atoms with E-state index in [9.17, 15) is 45.3 Å². The Morgan fingerprint density at radius 1 is 0.951 bits per heavy atom. The lowest BCUT2D eigenvalue weighted by Gasteiger charge is -2.63. The fourth-order valence-corrected chi connectivity index (χ4v) is 9.67. The van der Waals surface area contributed by atoms with Crippen LogP contribution in [-0.4, -0.2) is 102 Å². The highest BCUT2D eigenvalue weighted by molar-refractivity contribution is 5.75. The van der Waals surface area contributed by atoms with Crippen molar-refractivity contribution in [3.8, 4) is 0 Å². The van der Waals surface area contributed by atoms with Gasteiger partial charge >= 0.3 is 11.9 Å². The third-order valence-corrected chi connectivity index (χ3v) is 12.1. The smallest absolute Gasteiger partial charge is 0.338 e. The van der Waals surface area contributed by atoms with E-state index in [0.29, 0.717) is 38.5 Å². The maximum atomic E-state index is 12.6. The van der Waals surface area contributed by atoms with Crippen molar-refractivity contribution in [2.75, 3.05) is 6.61 Å². The summed E-state index contributed by atoms with van der Waals surface area (Å²) in [7, 11) is 0. The van der Waals surface area contributed by atoms with Gasteiger partial charge in [-0.15, -0.1) is 0 Å². The molecule has 11 nitrogen and oxygen atoms in total. The molecule has 0 amide bonds. The Labute approximate surface area is 241 Å². The number of fused-ring (bicyclic) bond motifs is 5. The van der Waals surface area contributed by atoms with Crippen LogP contribution in [0.2, 0.25) is 0 Å². The Kier molecular flexibility index (Phi) is 9.80. The maximum Gasteiger partial charge on any atom is 0.338 e. The Balaban J connectivity index is 1.44. The number of aliphatic carboxylic acids is 1. The fourth-order valence-electron chi connectivity index (χ4n) is 9.67. The number of carbonyl (C=O) groups excluding carboxylic acids is 1. The number of aliphatic hydroxyl groups excluding tert-OH is 7. The van der Waals surface area contributed by atoms with Crippen LogP contribution in [0.15, 0.2) is 0 Å². The zero-order chi connectivity index (χ0) is 30.4. The minimum atomic E-state index is -2.10. The summed E-state index contributed by atoms with van der Waals surface area (Å²) < 4.78 is 5.51. The van der Waals surface area contributed by atoms with Crippen molar-refractivity contribution in [2.45, 2.75) is 121 Å². The second kappa shape index (κ2) is 12.3. The van der Waals surface area contributed by atoms with E-state index in [1.54, 1.807) is 0 Å². The van der Waals surface area contributed by atoms with Crippen LogP contribution < -0.4 is 0 Å². The quantitative estimate of drug-likeness (QED) is 0.165. The molecule has 236 valence electrons. The van der Waals surface area contributed by atoms with Crippen LogP contribution in [0.25, 0.3) is 0 Å². The summed E-state index contributed by atoms with van der Waals surface area (Å²) >= 11 is 0. The molecule has 0 saturated heterocycles. The Bertz CT molecular complexity index is 945. The summed E-state index contributed by atoms with van der Waals surface area (Å²) in [5.74, 6) is -1.34. The van der Waals surface area contributed by atoms with Crippen molar-refractivity contribution in [1.82, 2.24) is 0 Å². The highest BCUT2D eigenvalue weighted by Crippen LogP contribution is 2.68. The second-order valence-corrected chi connectivity index (χ2v) is 14.0. The maximum absolute atomic E-state index is 12.6. The monoisotopic (exact) mass is 586 g/mol. The third-order valence-electron chi connectivity index (χ3n) is 12.1. The molecule has 8 N–H and O–H groups in total. The Hall–Kier alpha value is -1.34. The van der Waals surface area contributed by atoms with Crippen LogP contribution in [-0.2, 0) is 14.3 Å². The van der Waals surface area contributed by atoms with Crippen LogP contribution in [0, 0.1) is 46.3 Å². The lowest BCUT2D eigenvalue weighted by atomic mass is 9.43. The largest absolute Gasteiger partial charge is 0.481 e. The molecule has 11 heteroatoms. The number of rotatable bonds is 10. The molecule has 15 atom stereocenters. The minimum absolute atomic E-state index is 0.0115. The molecule has 4 aliphatic rings. The van der Waals surface area contributed by atoms with Gasteiger partial charge in [0.05, 0.1) is 18.8 Å². The van der Waals surface area contributed by atoms with Crippen LogP contribution in [0.4, 0.5) is 0 Å². The van der Waals surface area contributed by atoms with Gasteiger partial charge in [-0.3, -0.25) is 4.79 Å². The van der Waals surface area contributed by atoms with Gasteiger partial charge in [0.2, 0.25) is 0 Å². The number of hydrogen-bond donors (Lipinski definition) is 8. The van der Waals surface area contributed by atoms with E-state index in [2.05, 4.69) is 20.8 Å². The summed E-state index contributed by atoms with van der Waals surface area (Å²) in [6, 6.07) is 0. The zero-order valence-electron chi connectivity index (χ0n) is 24.4. The lowest BCUT2D eigenvalue weighted by molar-refractivity contribution is -0.212. The van der Waals surface area contributed by atoms with E-state index >= 15 is 0 Å². The summed E-state index contributed by atoms with van der Waals surface area (Å²) in [5.41, 5.74) is -0.581. The predicted octanol–water partition coefficient (Wildman–Crippen LogP) is 0.436. The van der Waals surface area contributed by atoms with E-state index in [0.717, 1.165) is 12.8 Å².